The Labute approximate surface area is 218 Å². The summed E-state index contributed by atoms with van der Waals surface area (Å²) in [6.45, 7) is 1.59. The number of nitro groups is 1. The number of aryl methyl sites for hydroxylation is 1. The van der Waals surface area contributed by atoms with Crippen LogP contribution in [0.3, 0.4) is 0 Å². The number of nitrogens with zero attached hydrogens (tertiary/aromatic N) is 5. The molecular formula is C21H20ClN5O6S3. The molecule has 190 valence electrons. The molecule has 0 aliphatic heterocycles. The van der Waals surface area contributed by atoms with Crippen LogP contribution in [0.25, 0.3) is 4.72 Å². The predicted octanol–water partition coefficient (Wildman–Crippen LogP) is 3.55. The zero-order valence-electron chi connectivity index (χ0n) is 19.1. The fourth-order valence-electron chi connectivity index (χ4n) is 2.87. The quantitative estimate of drug-likeness (QED) is 0.119. The number of hydrogen-bond donors (Lipinski definition) is 1. The van der Waals surface area contributed by atoms with Gasteiger partial charge < -0.3 is 4.90 Å². The topological polar surface area (TPSA) is 145 Å². The first-order chi connectivity index (χ1) is 16.7. The largest absolute Gasteiger partial charge is 0.378 e. The Morgan fingerprint density at radius 2 is 1.67 bits per heavy atom. The number of aromatic nitrogens is 1. The summed E-state index contributed by atoms with van der Waals surface area (Å²) in [4.78, 5) is 11.3. The molecule has 0 N–H and O–H groups in total. The van der Waals surface area contributed by atoms with E-state index in [9.17, 15) is 26.9 Å². The molecule has 15 heteroatoms. The molecule has 0 fully saturated rings. The number of benzene rings is 2. The second-order valence-electron chi connectivity index (χ2n) is 7.61. The normalized spacial score (nSPS) is 12.3. The van der Waals surface area contributed by atoms with Gasteiger partial charge in [-0.25, -0.2) is 0 Å². The van der Waals surface area contributed by atoms with Crippen LogP contribution in [0.4, 0.5) is 11.4 Å². The highest BCUT2D eigenvalue weighted by Gasteiger charge is 2.25. The van der Waals surface area contributed by atoms with Crippen LogP contribution in [-0.2, 0) is 20.0 Å². The summed E-state index contributed by atoms with van der Waals surface area (Å²) in [6, 6.07) is 9.81. The van der Waals surface area contributed by atoms with Gasteiger partial charge in [-0.3, -0.25) is 14.7 Å². The molecule has 0 aliphatic rings. The van der Waals surface area contributed by atoms with Crippen LogP contribution in [-0.4, -0.2) is 41.8 Å². The third-order valence-electron chi connectivity index (χ3n) is 4.83. The maximum atomic E-state index is 13.2. The lowest BCUT2D eigenvalue weighted by Gasteiger charge is -2.15. The molecule has 11 nitrogen and oxygen atoms in total. The van der Waals surface area contributed by atoms with Crippen molar-refractivity contribution in [2.45, 2.75) is 21.6 Å². The van der Waals surface area contributed by atoms with Gasteiger partial charge in [-0.05, 0) is 48.9 Å². The molecule has 1 heterocycles. The average molecular weight is 570 g/mol. The van der Waals surface area contributed by atoms with Crippen LogP contribution >= 0.6 is 24.2 Å². The third-order valence-corrected chi connectivity index (χ3v) is 8.32. The second-order valence-corrected chi connectivity index (χ2v) is 11.7. The molecule has 3 rings (SSSR count). The highest BCUT2D eigenvalue weighted by Crippen LogP contribution is 2.29. The summed E-state index contributed by atoms with van der Waals surface area (Å²) in [7, 11) is -5.44. The van der Waals surface area contributed by atoms with Gasteiger partial charge in [-0.15, -0.1) is 21.7 Å². The van der Waals surface area contributed by atoms with Crippen molar-refractivity contribution in [3.05, 3.63) is 86.3 Å². The van der Waals surface area contributed by atoms with E-state index in [-0.39, 0.29) is 20.4 Å². The molecule has 0 amide bonds. The first kappa shape index (κ1) is 27.4. The number of nitro benzene ring substituents is 1. The number of halogens is 1. The van der Waals surface area contributed by atoms with E-state index in [1.54, 1.807) is 38.1 Å². The molecule has 0 bridgehead atoms. The van der Waals surface area contributed by atoms with Gasteiger partial charge >= 0.3 is 0 Å². The molecular weight excluding hydrogens is 550 g/mol. The lowest BCUT2D eigenvalue weighted by atomic mass is 10.2. The first-order valence-electron chi connectivity index (χ1n) is 9.97. The number of non-ortho nitro benzene ring substituents is 1. The Bertz CT molecular complexity index is 1560. The maximum Gasteiger partial charge on any atom is 0.286 e. The molecule has 0 atom stereocenters. The Morgan fingerprint density at radius 3 is 2.19 bits per heavy atom. The molecule has 1 aromatic heterocycles. The summed E-state index contributed by atoms with van der Waals surface area (Å²) in [5.41, 5.74) is 0.874. The van der Waals surface area contributed by atoms with Crippen LogP contribution in [0.1, 0.15) is 5.56 Å². The van der Waals surface area contributed by atoms with Crippen molar-refractivity contribution in [2.75, 3.05) is 19.0 Å². The van der Waals surface area contributed by atoms with Crippen molar-refractivity contribution in [3.8, 4) is 0 Å². The van der Waals surface area contributed by atoms with Crippen LogP contribution in [0.2, 0.25) is 5.02 Å². The lowest BCUT2D eigenvalue weighted by molar-refractivity contribution is -0.553. The number of anilines is 1. The lowest BCUT2D eigenvalue weighted by Crippen LogP contribution is -2.43. The van der Waals surface area contributed by atoms with Crippen molar-refractivity contribution >= 4 is 61.6 Å². The Kier molecular flexibility index (Phi) is 7.93. The van der Waals surface area contributed by atoms with Gasteiger partial charge in [0, 0.05) is 54.2 Å². The summed E-state index contributed by atoms with van der Waals surface area (Å²) >= 11 is 10.2. The molecule has 0 saturated heterocycles. The van der Waals surface area contributed by atoms with Crippen LogP contribution < -0.4 is 9.47 Å². The molecule has 2 aromatic carbocycles. The first-order valence-corrected chi connectivity index (χ1v) is 13.7. The van der Waals surface area contributed by atoms with E-state index in [1.165, 1.54) is 24.5 Å². The van der Waals surface area contributed by atoms with Crippen LogP contribution in [0.5, 0.6) is 0 Å². The molecule has 36 heavy (non-hydrogen) atoms. The molecule has 0 aliphatic carbocycles. The van der Waals surface area contributed by atoms with Crippen LogP contribution in [0, 0.1) is 17.0 Å². The van der Waals surface area contributed by atoms with E-state index in [1.807, 2.05) is 0 Å². The van der Waals surface area contributed by atoms with Crippen molar-refractivity contribution < 1.29 is 26.3 Å². The Hall–Kier alpha value is -3.20. The van der Waals surface area contributed by atoms with E-state index in [0.717, 1.165) is 34.5 Å². The smallest absolute Gasteiger partial charge is 0.286 e. The fraction of sp³-hybridized carbons (Fsp3) is 0.143. The number of rotatable bonds is 6. The van der Waals surface area contributed by atoms with Crippen molar-refractivity contribution in [1.29, 1.82) is 0 Å². The molecule has 0 spiro atoms. The zero-order chi connectivity index (χ0) is 26.8. The third kappa shape index (κ3) is 6.13. The summed E-state index contributed by atoms with van der Waals surface area (Å²) in [5.74, 6) is -0.681. The number of hydrogen-bond acceptors (Lipinski definition) is 8. The highest BCUT2D eigenvalue weighted by molar-refractivity contribution is 7.95. The Morgan fingerprint density at radius 1 is 1.08 bits per heavy atom. The van der Waals surface area contributed by atoms with Crippen molar-refractivity contribution in [2.24, 2.45) is 4.40 Å². The molecule has 0 radical (unpaired) electrons. The van der Waals surface area contributed by atoms with Crippen molar-refractivity contribution in [1.82, 2.24) is 0 Å². The van der Waals surface area contributed by atoms with E-state index in [4.69, 9.17) is 11.6 Å². The molecule has 0 saturated carbocycles. The van der Waals surface area contributed by atoms with Gasteiger partial charge in [0.2, 0.25) is 0 Å². The minimum atomic E-state index is -4.52. The van der Waals surface area contributed by atoms with E-state index < -0.39 is 30.9 Å². The fourth-order valence-corrected chi connectivity index (χ4v) is 5.73. The van der Waals surface area contributed by atoms with Gasteiger partial charge in [0.15, 0.2) is 0 Å². The van der Waals surface area contributed by atoms with Gasteiger partial charge in [-0.2, -0.15) is 16.8 Å². The SMILES string of the molecule is Cc1cc(S(=O)(=O)/N=C(\[N-]S(=O)(=O)c2ccc([N+](=O)[O-])cc2)[n+]2ccc(N(C)C)cc2)c(S)cc1Cl. The monoisotopic (exact) mass is 569 g/mol. The summed E-state index contributed by atoms with van der Waals surface area (Å²) in [5, 5.41) is 11.2. The van der Waals surface area contributed by atoms with Gasteiger partial charge in [0.05, 0.1) is 9.82 Å². The number of thiol groups is 1. The average Bonchev–Trinajstić information content (AvgIpc) is 2.80. The highest BCUT2D eigenvalue weighted by atomic mass is 35.5. The minimum Gasteiger partial charge on any atom is -0.378 e. The zero-order valence-corrected chi connectivity index (χ0v) is 22.4. The van der Waals surface area contributed by atoms with Gasteiger partial charge in [0.1, 0.15) is 4.90 Å². The molecule has 0 unspecified atom stereocenters. The number of pyridine rings is 1. The number of sulfonamides is 2. The van der Waals surface area contributed by atoms with Gasteiger partial charge in [-0.1, -0.05) is 11.6 Å². The van der Waals surface area contributed by atoms with E-state index in [2.05, 4.69) is 21.7 Å². The van der Waals surface area contributed by atoms with Gasteiger partial charge in [0.25, 0.3) is 31.7 Å². The maximum absolute atomic E-state index is 13.2. The Balaban J connectivity index is 2.14. The van der Waals surface area contributed by atoms with E-state index >= 15 is 0 Å². The summed E-state index contributed by atoms with van der Waals surface area (Å²) in [6.07, 6.45) is 2.79. The van der Waals surface area contributed by atoms with E-state index in [0.29, 0.717) is 10.6 Å². The molecule has 3 aromatic rings. The predicted molar refractivity (Wildman–Crippen MR) is 138 cm³/mol. The summed E-state index contributed by atoms with van der Waals surface area (Å²) < 4.78 is 60.8. The van der Waals surface area contributed by atoms with Crippen LogP contribution in [0.15, 0.2) is 80.0 Å². The second kappa shape index (κ2) is 10.4. The standard InChI is InChI=1S/C21H20ClN5O6S3/c1-14-12-20(19(34)13-18(14)22)36(32,33)24-21(26-10-8-15(9-11-26)25(2)3)23-35(30,31)17-6-4-16(5-7-17)27(28)29/h4-13H,1-3H3,(H-,23,24,34). The minimum absolute atomic E-state index is 0.0138. The van der Waals surface area contributed by atoms with Crippen molar-refractivity contribution in [3.63, 3.8) is 0 Å².